The van der Waals surface area contributed by atoms with Crippen LogP contribution in [0.4, 0.5) is 5.69 Å². The Kier molecular flexibility index (Phi) is 4.31. The van der Waals surface area contributed by atoms with E-state index >= 15 is 0 Å². The van der Waals surface area contributed by atoms with Gasteiger partial charge in [0.25, 0.3) is 0 Å². The van der Waals surface area contributed by atoms with E-state index in [9.17, 15) is 4.79 Å². The molecule has 26 heavy (non-hydrogen) atoms. The Hall–Kier alpha value is -2.92. The first-order valence-corrected chi connectivity index (χ1v) is 9.25. The van der Waals surface area contributed by atoms with Crippen LogP contribution in [0.25, 0.3) is 21.5 Å². The molecular formula is C21H18N2O2S. The fourth-order valence-electron chi connectivity index (χ4n) is 2.91. The Labute approximate surface area is 155 Å². The van der Waals surface area contributed by atoms with Crippen molar-refractivity contribution in [1.82, 2.24) is 4.98 Å². The molecule has 0 saturated carbocycles. The molecule has 2 heterocycles. The van der Waals surface area contributed by atoms with Crippen LogP contribution in [-0.4, -0.2) is 10.9 Å². The third-order valence-electron chi connectivity index (χ3n) is 4.47. The summed E-state index contributed by atoms with van der Waals surface area (Å²) in [5, 5.41) is 6.87. The van der Waals surface area contributed by atoms with Gasteiger partial charge in [0.2, 0.25) is 5.91 Å². The lowest BCUT2D eigenvalue weighted by molar-refractivity contribution is -0.115. The Morgan fingerprint density at radius 2 is 1.92 bits per heavy atom. The quantitative estimate of drug-likeness (QED) is 0.532. The zero-order valence-electron chi connectivity index (χ0n) is 14.6. The maximum absolute atomic E-state index is 12.4. The maximum Gasteiger partial charge on any atom is 0.228 e. The third kappa shape index (κ3) is 3.26. The summed E-state index contributed by atoms with van der Waals surface area (Å²) in [6, 6.07) is 11.8. The second-order valence-electron chi connectivity index (χ2n) is 6.33. The summed E-state index contributed by atoms with van der Waals surface area (Å²) in [5.41, 5.74) is 5.92. The molecule has 130 valence electrons. The van der Waals surface area contributed by atoms with E-state index in [1.807, 2.05) is 35.7 Å². The van der Waals surface area contributed by atoms with Gasteiger partial charge in [-0.05, 0) is 61.4 Å². The monoisotopic (exact) mass is 362 g/mol. The Bertz CT molecular complexity index is 1060. The molecule has 2 aromatic carbocycles. The van der Waals surface area contributed by atoms with Crippen LogP contribution in [0.2, 0.25) is 0 Å². The Morgan fingerprint density at radius 3 is 2.65 bits per heavy atom. The number of hydrogen-bond acceptors (Lipinski definition) is 4. The number of carbonyl (C=O) groups is 1. The van der Waals surface area contributed by atoms with Gasteiger partial charge in [-0.15, -0.1) is 11.3 Å². The number of thiazole rings is 1. The minimum atomic E-state index is -0.0621. The van der Waals surface area contributed by atoms with Gasteiger partial charge >= 0.3 is 0 Å². The first kappa shape index (κ1) is 16.5. The van der Waals surface area contributed by atoms with Crippen molar-refractivity contribution >= 4 is 33.9 Å². The van der Waals surface area contributed by atoms with Gasteiger partial charge < -0.3 is 9.73 Å². The molecule has 4 nitrogen and oxygen atoms in total. The molecule has 0 spiro atoms. The first-order chi connectivity index (χ1) is 12.6. The predicted molar refractivity (Wildman–Crippen MR) is 106 cm³/mol. The number of hydrogen-bond donors (Lipinski definition) is 1. The molecule has 0 aliphatic carbocycles. The second kappa shape index (κ2) is 6.77. The molecule has 0 saturated heterocycles. The number of amides is 1. The summed E-state index contributed by atoms with van der Waals surface area (Å²) in [4.78, 5) is 16.7. The number of nitrogens with zero attached hydrogens (tertiary/aromatic N) is 1. The highest BCUT2D eigenvalue weighted by atomic mass is 32.1. The summed E-state index contributed by atoms with van der Waals surface area (Å²) in [6.45, 7) is 4.12. The van der Waals surface area contributed by atoms with Crippen LogP contribution in [0.3, 0.4) is 0 Å². The topological polar surface area (TPSA) is 55.1 Å². The molecule has 4 aromatic rings. The van der Waals surface area contributed by atoms with Crippen molar-refractivity contribution in [2.45, 2.75) is 20.3 Å². The van der Waals surface area contributed by atoms with E-state index in [1.165, 1.54) is 11.1 Å². The SMILES string of the molecule is Cc1cc2occ(CC(=O)Nc3ccc(-c4nccs4)cc3)c2cc1C. The minimum Gasteiger partial charge on any atom is -0.464 e. The number of rotatable bonds is 4. The number of anilines is 1. The Balaban J connectivity index is 1.48. The van der Waals surface area contributed by atoms with Crippen molar-refractivity contribution < 1.29 is 9.21 Å². The number of aromatic nitrogens is 1. The standard InChI is InChI=1S/C21H18N2O2S/c1-13-9-18-16(12-25-19(18)10-14(13)2)11-20(24)23-17-5-3-15(4-6-17)21-22-7-8-26-21/h3-10,12H,11H2,1-2H3,(H,23,24). The molecule has 0 unspecified atom stereocenters. The first-order valence-electron chi connectivity index (χ1n) is 8.37. The highest BCUT2D eigenvalue weighted by molar-refractivity contribution is 7.13. The average molecular weight is 362 g/mol. The van der Waals surface area contributed by atoms with Crippen LogP contribution in [0.1, 0.15) is 16.7 Å². The molecule has 0 bridgehead atoms. The van der Waals surface area contributed by atoms with Crippen molar-refractivity contribution in [2.75, 3.05) is 5.32 Å². The molecule has 1 amide bonds. The van der Waals surface area contributed by atoms with Gasteiger partial charge in [-0.25, -0.2) is 4.98 Å². The van der Waals surface area contributed by atoms with Crippen molar-refractivity contribution in [3.05, 3.63) is 70.9 Å². The highest BCUT2D eigenvalue weighted by Gasteiger charge is 2.12. The summed E-state index contributed by atoms with van der Waals surface area (Å²) < 4.78 is 5.61. The third-order valence-corrected chi connectivity index (χ3v) is 5.29. The lowest BCUT2D eigenvalue weighted by Crippen LogP contribution is -2.14. The summed E-state index contributed by atoms with van der Waals surface area (Å²) >= 11 is 1.59. The van der Waals surface area contributed by atoms with Gasteiger partial charge in [-0.3, -0.25) is 4.79 Å². The molecule has 2 aromatic heterocycles. The molecule has 5 heteroatoms. The normalized spacial score (nSPS) is 11.0. The summed E-state index contributed by atoms with van der Waals surface area (Å²) in [7, 11) is 0. The molecule has 1 N–H and O–H groups in total. The smallest absolute Gasteiger partial charge is 0.228 e. The number of furan rings is 1. The van der Waals surface area contributed by atoms with Crippen molar-refractivity contribution in [3.63, 3.8) is 0 Å². The van der Waals surface area contributed by atoms with E-state index in [0.717, 1.165) is 32.8 Å². The molecule has 4 rings (SSSR count). The minimum absolute atomic E-state index is 0.0621. The fraction of sp³-hybridized carbons (Fsp3) is 0.143. The van der Waals surface area contributed by atoms with Gasteiger partial charge in [0.15, 0.2) is 0 Å². The van der Waals surface area contributed by atoms with Gasteiger partial charge in [0.1, 0.15) is 10.6 Å². The molecule has 0 radical (unpaired) electrons. The molecular weight excluding hydrogens is 344 g/mol. The molecule has 0 atom stereocenters. The van der Waals surface area contributed by atoms with E-state index in [-0.39, 0.29) is 12.3 Å². The lowest BCUT2D eigenvalue weighted by atomic mass is 10.0. The fourth-order valence-corrected chi connectivity index (χ4v) is 3.56. The van der Waals surface area contributed by atoms with E-state index in [1.54, 1.807) is 23.8 Å². The Morgan fingerprint density at radius 1 is 1.15 bits per heavy atom. The van der Waals surface area contributed by atoms with Crippen molar-refractivity contribution in [1.29, 1.82) is 0 Å². The van der Waals surface area contributed by atoms with Crippen molar-refractivity contribution in [2.24, 2.45) is 0 Å². The van der Waals surface area contributed by atoms with E-state index < -0.39 is 0 Å². The predicted octanol–water partition coefficient (Wildman–Crippen LogP) is 5.35. The van der Waals surface area contributed by atoms with Gasteiger partial charge in [0.05, 0.1) is 12.7 Å². The van der Waals surface area contributed by atoms with Crippen LogP contribution in [0.5, 0.6) is 0 Å². The summed E-state index contributed by atoms with van der Waals surface area (Å²) in [5.74, 6) is -0.0621. The van der Waals surface area contributed by atoms with Gasteiger partial charge in [0, 0.05) is 33.8 Å². The van der Waals surface area contributed by atoms with Crippen LogP contribution in [0, 0.1) is 13.8 Å². The average Bonchev–Trinajstić information content (AvgIpc) is 3.27. The maximum atomic E-state index is 12.4. The van der Waals surface area contributed by atoms with E-state index in [2.05, 4.69) is 30.2 Å². The zero-order chi connectivity index (χ0) is 18.1. The highest BCUT2D eigenvalue weighted by Crippen LogP contribution is 2.26. The summed E-state index contributed by atoms with van der Waals surface area (Å²) in [6.07, 6.45) is 3.74. The number of fused-ring (bicyclic) bond motifs is 1. The van der Waals surface area contributed by atoms with Crippen LogP contribution in [0.15, 0.2) is 58.7 Å². The van der Waals surface area contributed by atoms with Crippen LogP contribution in [-0.2, 0) is 11.2 Å². The second-order valence-corrected chi connectivity index (χ2v) is 7.23. The molecule has 0 aliphatic heterocycles. The zero-order valence-corrected chi connectivity index (χ0v) is 15.4. The van der Waals surface area contributed by atoms with Crippen LogP contribution < -0.4 is 5.32 Å². The number of benzene rings is 2. The number of carbonyl (C=O) groups excluding carboxylic acids is 1. The lowest BCUT2D eigenvalue weighted by Gasteiger charge is -2.06. The largest absolute Gasteiger partial charge is 0.464 e. The van der Waals surface area contributed by atoms with Crippen LogP contribution >= 0.6 is 11.3 Å². The molecule has 0 fully saturated rings. The number of aryl methyl sites for hydroxylation is 2. The van der Waals surface area contributed by atoms with E-state index in [4.69, 9.17) is 4.42 Å². The van der Waals surface area contributed by atoms with E-state index in [0.29, 0.717) is 0 Å². The van der Waals surface area contributed by atoms with Gasteiger partial charge in [-0.1, -0.05) is 0 Å². The van der Waals surface area contributed by atoms with Gasteiger partial charge in [-0.2, -0.15) is 0 Å². The number of nitrogens with one attached hydrogen (secondary N) is 1. The molecule has 0 aliphatic rings. The van der Waals surface area contributed by atoms with Crippen molar-refractivity contribution in [3.8, 4) is 10.6 Å².